The third kappa shape index (κ3) is 3.86. The van der Waals surface area contributed by atoms with Crippen molar-refractivity contribution in [2.45, 2.75) is 51.2 Å². The summed E-state index contributed by atoms with van der Waals surface area (Å²) in [5.74, 6) is 0.426. The molecule has 0 amide bonds. The number of aliphatic hydroxyl groups excluding tert-OH is 1. The number of hydrogen-bond donors (Lipinski definition) is 1. The largest absolute Gasteiger partial charge is 0.474 e. The second-order valence-electron chi connectivity index (χ2n) is 8.26. The molecule has 1 fully saturated rings. The van der Waals surface area contributed by atoms with Crippen molar-refractivity contribution in [3.05, 3.63) is 66.2 Å². The maximum Gasteiger partial charge on any atom is 0.234 e. The van der Waals surface area contributed by atoms with Crippen molar-refractivity contribution < 1.29 is 18.7 Å². The lowest BCUT2D eigenvalue weighted by Crippen LogP contribution is -2.28. The molecule has 5 nitrogen and oxygen atoms in total. The van der Waals surface area contributed by atoms with Crippen LogP contribution in [0, 0.1) is 5.82 Å². The first kappa shape index (κ1) is 20.6. The molecule has 1 aliphatic rings. The molecule has 0 radical (unpaired) electrons. The third-order valence-corrected chi connectivity index (χ3v) is 6.10. The third-order valence-electron chi connectivity index (χ3n) is 6.10. The van der Waals surface area contributed by atoms with E-state index in [4.69, 9.17) is 9.15 Å². The summed E-state index contributed by atoms with van der Waals surface area (Å²) in [4.78, 5) is 8.72. The molecule has 2 atom stereocenters. The summed E-state index contributed by atoms with van der Waals surface area (Å²) in [7, 11) is 0. The Morgan fingerprint density at radius 2 is 1.91 bits per heavy atom. The minimum Gasteiger partial charge on any atom is -0.474 e. The van der Waals surface area contributed by atoms with Crippen LogP contribution in [0.4, 0.5) is 4.39 Å². The predicted octanol–water partition coefficient (Wildman–Crippen LogP) is 5.94. The van der Waals surface area contributed by atoms with Crippen LogP contribution >= 0.6 is 0 Å². The van der Waals surface area contributed by atoms with Crippen molar-refractivity contribution in [3.63, 3.8) is 0 Å². The molecule has 0 bridgehead atoms. The summed E-state index contributed by atoms with van der Waals surface area (Å²) in [5.41, 5.74) is 3.50. The molecule has 0 aliphatic heterocycles. The average Bonchev–Trinajstić information content (AvgIpc) is 3.20. The van der Waals surface area contributed by atoms with E-state index in [2.05, 4.69) is 29.0 Å². The van der Waals surface area contributed by atoms with Crippen LogP contribution in [0.15, 0.2) is 59.3 Å². The van der Waals surface area contributed by atoms with E-state index in [1.54, 1.807) is 18.2 Å². The fraction of sp³-hybridized carbons (Fsp3) is 0.308. The van der Waals surface area contributed by atoms with E-state index in [0.29, 0.717) is 40.3 Å². The number of hydrogen-bond acceptors (Lipinski definition) is 5. The Labute approximate surface area is 185 Å². The molecule has 0 saturated heterocycles. The Balaban J connectivity index is 1.70. The summed E-state index contributed by atoms with van der Waals surface area (Å²) >= 11 is 0. The maximum atomic E-state index is 14.8. The smallest absolute Gasteiger partial charge is 0.234 e. The summed E-state index contributed by atoms with van der Waals surface area (Å²) in [6.07, 6.45) is 4.91. The predicted molar refractivity (Wildman–Crippen MR) is 121 cm³/mol. The normalized spacial score (nSPS) is 18.7. The van der Waals surface area contributed by atoms with Crippen molar-refractivity contribution in [2.75, 3.05) is 0 Å². The van der Waals surface area contributed by atoms with Gasteiger partial charge in [-0.15, -0.1) is 0 Å². The van der Waals surface area contributed by atoms with Gasteiger partial charge in [-0.2, -0.15) is 0 Å². The minimum absolute atomic E-state index is 0.140. The van der Waals surface area contributed by atoms with Gasteiger partial charge in [0.15, 0.2) is 0 Å². The van der Waals surface area contributed by atoms with Crippen molar-refractivity contribution >= 4 is 11.1 Å². The Hall–Kier alpha value is -3.25. The molecule has 2 unspecified atom stereocenters. The van der Waals surface area contributed by atoms with Crippen LogP contribution in [0.25, 0.3) is 33.6 Å². The molecule has 4 aromatic rings. The summed E-state index contributed by atoms with van der Waals surface area (Å²) in [6.45, 7) is 2.10. The number of furan rings is 1. The quantitative estimate of drug-likeness (QED) is 0.423. The highest BCUT2D eigenvalue weighted by atomic mass is 19.1. The number of rotatable bonds is 5. The van der Waals surface area contributed by atoms with Crippen LogP contribution in [0.3, 0.4) is 0 Å². The van der Waals surface area contributed by atoms with Gasteiger partial charge in [0.05, 0.1) is 11.7 Å². The number of aryl methyl sites for hydroxylation is 1. The average molecular weight is 432 g/mol. The number of benzene rings is 2. The van der Waals surface area contributed by atoms with Crippen LogP contribution < -0.4 is 4.74 Å². The molecular weight excluding hydrogens is 407 g/mol. The molecule has 164 valence electrons. The molecule has 5 rings (SSSR count). The Morgan fingerprint density at radius 1 is 1.09 bits per heavy atom. The van der Waals surface area contributed by atoms with Gasteiger partial charge < -0.3 is 14.3 Å². The number of aliphatic hydroxyl groups is 1. The van der Waals surface area contributed by atoms with E-state index in [0.717, 1.165) is 31.2 Å². The van der Waals surface area contributed by atoms with Gasteiger partial charge in [0, 0.05) is 12.0 Å². The Kier molecular flexibility index (Phi) is 5.62. The fourth-order valence-electron chi connectivity index (χ4n) is 4.40. The van der Waals surface area contributed by atoms with Gasteiger partial charge >= 0.3 is 0 Å². The zero-order valence-corrected chi connectivity index (χ0v) is 17.9. The first-order chi connectivity index (χ1) is 15.6. The van der Waals surface area contributed by atoms with Gasteiger partial charge in [-0.25, -0.2) is 14.4 Å². The Bertz CT molecular complexity index is 1240. The highest BCUT2D eigenvalue weighted by Crippen LogP contribution is 2.44. The fourth-order valence-corrected chi connectivity index (χ4v) is 4.40. The lowest BCUT2D eigenvalue weighted by Gasteiger charge is -2.26. The molecule has 1 N–H and O–H groups in total. The molecule has 6 heteroatoms. The minimum atomic E-state index is -0.371. The Morgan fingerprint density at radius 3 is 2.66 bits per heavy atom. The number of fused-ring (bicyclic) bond motifs is 1. The molecule has 0 spiro atoms. The first-order valence-electron chi connectivity index (χ1n) is 11.1. The number of ether oxygens (including phenoxy) is 1. The van der Waals surface area contributed by atoms with Crippen molar-refractivity contribution in [2.24, 2.45) is 0 Å². The number of aromatic nitrogens is 2. The van der Waals surface area contributed by atoms with Gasteiger partial charge in [0.25, 0.3) is 0 Å². The van der Waals surface area contributed by atoms with Crippen LogP contribution in [-0.2, 0) is 6.42 Å². The summed E-state index contributed by atoms with van der Waals surface area (Å²) in [5, 5.41) is 10.7. The molecule has 2 aromatic heterocycles. The van der Waals surface area contributed by atoms with E-state index in [-0.39, 0.29) is 18.0 Å². The number of halogens is 1. The maximum absolute atomic E-state index is 14.8. The van der Waals surface area contributed by atoms with E-state index < -0.39 is 0 Å². The highest BCUT2D eigenvalue weighted by molar-refractivity contribution is 6.03. The molecule has 32 heavy (non-hydrogen) atoms. The zero-order chi connectivity index (χ0) is 22.1. The van der Waals surface area contributed by atoms with Crippen molar-refractivity contribution in [1.82, 2.24) is 9.97 Å². The topological polar surface area (TPSA) is 68.4 Å². The van der Waals surface area contributed by atoms with Crippen LogP contribution in [0.2, 0.25) is 0 Å². The second kappa shape index (κ2) is 8.71. The monoisotopic (exact) mass is 432 g/mol. The van der Waals surface area contributed by atoms with Crippen molar-refractivity contribution in [1.29, 1.82) is 0 Å². The van der Waals surface area contributed by atoms with E-state index in [1.165, 1.54) is 18.0 Å². The first-order valence-corrected chi connectivity index (χ1v) is 11.1. The summed E-state index contributed by atoms with van der Waals surface area (Å²) < 4.78 is 27.1. The highest BCUT2D eigenvalue weighted by Gasteiger charge is 2.27. The van der Waals surface area contributed by atoms with Crippen LogP contribution in [0.1, 0.15) is 38.2 Å². The van der Waals surface area contributed by atoms with E-state index in [1.807, 2.05) is 12.1 Å². The zero-order valence-electron chi connectivity index (χ0n) is 17.9. The molecule has 1 aliphatic carbocycles. The standard InChI is InChI=1S/C26H25FN2O3/c1-2-16-10-12-17(13-11-16)22-23-25(31-19-7-5-6-18(30)14-19)28-15-29-26(23)32-24(22)20-8-3-4-9-21(20)27/h3-4,8-13,15,18-19,30H,2,5-7,14H2,1H3. The van der Waals surface area contributed by atoms with Gasteiger partial charge in [-0.1, -0.05) is 43.3 Å². The van der Waals surface area contributed by atoms with Gasteiger partial charge in [0.1, 0.15) is 29.4 Å². The van der Waals surface area contributed by atoms with Gasteiger partial charge in [0.2, 0.25) is 11.6 Å². The van der Waals surface area contributed by atoms with E-state index in [9.17, 15) is 9.50 Å². The molecule has 1 saturated carbocycles. The second-order valence-corrected chi connectivity index (χ2v) is 8.26. The van der Waals surface area contributed by atoms with Crippen molar-refractivity contribution in [3.8, 4) is 28.3 Å². The molecular formula is C26H25FN2O3. The van der Waals surface area contributed by atoms with Crippen LogP contribution in [0.5, 0.6) is 5.88 Å². The molecule has 2 aromatic carbocycles. The van der Waals surface area contributed by atoms with Crippen LogP contribution in [-0.4, -0.2) is 27.3 Å². The lowest BCUT2D eigenvalue weighted by molar-refractivity contribution is 0.0522. The lowest BCUT2D eigenvalue weighted by atomic mass is 9.95. The van der Waals surface area contributed by atoms with Gasteiger partial charge in [-0.05, 0) is 48.9 Å². The van der Waals surface area contributed by atoms with Gasteiger partial charge in [-0.3, -0.25) is 0 Å². The molecule has 2 heterocycles. The number of nitrogens with zero attached hydrogens (tertiary/aromatic N) is 2. The summed E-state index contributed by atoms with van der Waals surface area (Å²) in [6, 6.07) is 14.7. The van der Waals surface area contributed by atoms with E-state index >= 15 is 0 Å². The SMILES string of the molecule is CCc1ccc(-c2c(-c3ccccc3F)oc3ncnc(OC4CCCC(O)C4)c23)cc1.